The minimum Gasteiger partial charge on any atom is -0.495 e. The van der Waals surface area contributed by atoms with Crippen molar-refractivity contribution in [1.29, 1.82) is 0 Å². The van der Waals surface area contributed by atoms with Crippen LogP contribution in [0.3, 0.4) is 0 Å². The molecule has 13 heteroatoms. The van der Waals surface area contributed by atoms with E-state index >= 15 is 0 Å². The lowest BCUT2D eigenvalue weighted by atomic mass is 10.1. The summed E-state index contributed by atoms with van der Waals surface area (Å²) in [5.74, 6) is -2.28. The van der Waals surface area contributed by atoms with Gasteiger partial charge in [-0.05, 0) is 42.0 Å². The van der Waals surface area contributed by atoms with E-state index in [4.69, 9.17) is 16.3 Å². The molecule has 204 valence electrons. The van der Waals surface area contributed by atoms with Crippen LogP contribution in [-0.2, 0) is 25.5 Å². The number of methoxy groups -OCH3 is 2. The summed E-state index contributed by atoms with van der Waals surface area (Å²) < 4.78 is 9.84. The number of carbonyl (C=O) groups is 4. The number of ether oxygens (including phenoxy) is 2. The summed E-state index contributed by atoms with van der Waals surface area (Å²) in [6.07, 6.45) is -0.0582. The number of non-ortho nitro benzene ring substituents is 1. The molecule has 0 aromatic heterocycles. The zero-order valence-electron chi connectivity index (χ0n) is 21.1. The summed E-state index contributed by atoms with van der Waals surface area (Å²) in [7, 11) is 2.60. The Balaban J connectivity index is 1.44. The maximum absolute atomic E-state index is 13.1. The second kappa shape index (κ2) is 11.7. The Morgan fingerprint density at radius 2 is 1.73 bits per heavy atom. The molecule has 0 unspecified atom stereocenters. The number of nitro benzene ring substituents is 1. The second-order valence-corrected chi connectivity index (χ2v) is 8.74. The van der Waals surface area contributed by atoms with Crippen molar-refractivity contribution in [1.82, 2.24) is 0 Å². The van der Waals surface area contributed by atoms with Gasteiger partial charge >= 0.3 is 5.97 Å². The number of nitrogens with zero attached hydrogens (tertiary/aromatic N) is 2. The van der Waals surface area contributed by atoms with Crippen molar-refractivity contribution >= 4 is 58.0 Å². The van der Waals surface area contributed by atoms with Crippen molar-refractivity contribution in [2.24, 2.45) is 0 Å². The van der Waals surface area contributed by atoms with Crippen molar-refractivity contribution in [3.63, 3.8) is 0 Å². The first-order chi connectivity index (χ1) is 19.1. The van der Waals surface area contributed by atoms with Gasteiger partial charge in [0.1, 0.15) is 16.5 Å². The molecule has 1 aliphatic heterocycles. The van der Waals surface area contributed by atoms with Gasteiger partial charge in [-0.3, -0.25) is 24.5 Å². The van der Waals surface area contributed by atoms with E-state index in [9.17, 15) is 29.3 Å². The third-order valence-electron chi connectivity index (χ3n) is 5.81. The fraction of sp³-hybridized carbons (Fsp3) is 0.111. The molecule has 0 saturated heterocycles. The zero-order valence-corrected chi connectivity index (χ0v) is 21.9. The Bertz CT molecular complexity index is 1570. The van der Waals surface area contributed by atoms with Crippen molar-refractivity contribution in [3.8, 4) is 5.75 Å². The smallest absolute Gasteiger partial charge is 0.337 e. The largest absolute Gasteiger partial charge is 0.495 e. The van der Waals surface area contributed by atoms with E-state index < -0.39 is 28.6 Å². The maximum Gasteiger partial charge on any atom is 0.337 e. The van der Waals surface area contributed by atoms with Gasteiger partial charge in [-0.1, -0.05) is 29.8 Å². The van der Waals surface area contributed by atoms with Crippen LogP contribution >= 0.6 is 11.6 Å². The van der Waals surface area contributed by atoms with Gasteiger partial charge in [0.15, 0.2) is 0 Å². The molecule has 40 heavy (non-hydrogen) atoms. The number of anilines is 3. The lowest BCUT2D eigenvalue weighted by Gasteiger charge is -2.16. The summed E-state index contributed by atoms with van der Waals surface area (Å²) in [4.78, 5) is 61.6. The molecule has 0 saturated carbocycles. The molecule has 4 rings (SSSR count). The van der Waals surface area contributed by atoms with E-state index in [-0.39, 0.29) is 45.5 Å². The monoisotopic (exact) mass is 564 g/mol. The Morgan fingerprint density at radius 3 is 2.38 bits per heavy atom. The number of imide groups is 1. The van der Waals surface area contributed by atoms with E-state index in [0.29, 0.717) is 11.3 Å². The first-order valence-electron chi connectivity index (χ1n) is 11.6. The molecule has 0 aliphatic carbocycles. The first kappa shape index (κ1) is 27.8. The molecule has 3 aromatic rings. The molecular weight excluding hydrogens is 544 g/mol. The van der Waals surface area contributed by atoms with Crippen LogP contribution in [0.1, 0.15) is 15.9 Å². The lowest BCUT2D eigenvalue weighted by molar-refractivity contribution is -0.384. The van der Waals surface area contributed by atoms with E-state index in [2.05, 4.69) is 15.4 Å². The molecule has 0 atom stereocenters. The van der Waals surface area contributed by atoms with Gasteiger partial charge in [-0.15, -0.1) is 0 Å². The van der Waals surface area contributed by atoms with Crippen LogP contribution in [0, 0.1) is 10.1 Å². The van der Waals surface area contributed by atoms with Crippen molar-refractivity contribution in [2.75, 3.05) is 29.8 Å². The highest BCUT2D eigenvalue weighted by molar-refractivity contribution is 6.53. The molecule has 2 N–H and O–H groups in total. The summed E-state index contributed by atoms with van der Waals surface area (Å²) >= 11 is 6.19. The number of esters is 1. The number of nitrogens with one attached hydrogen (secondary N) is 2. The number of rotatable bonds is 9. The average molecular weight is 565 g/mol. The van der Waals surface area contributed by atoms with Gasteiger partial charge < -0.3 is 20.1 Å². The molecule has 3 aromatic carbocycles. The highest BCUT2D eigenvalue weighted by atomic mass is 35.5. The SMILES string of the molecule is COC(=O)c1cccc(N2C(=O)C(Cl)=C(Nc3ccc(CC(=O)Nc4cc([N+](=O)[O-])ccc4OC)cc3)C2=O)c1. The highest BCUT2D eigenvalue weighted by Crippen LogP contribution is 2.31. The summed E-state index contributed by atoms with van der Waals surface area (Å²) in [6, 6.07) is 16.1. The second-order valence-electron chi connectivity index (χ2n) is 8.37. The van der Waals surface area contributed by atoms with Crippen LogP contribution in [-0.4, -0.2) is 42.8 Å². The number of hydrogen-bond donors (Lipinski definition) is 2. The number of hydrogen-bond acceptors (Lipinski definition) is 9. The van der Waals surface area contributed by atoms with Gasteiger partial charge in [-0.25, -0.2) is 9.69 Å². The van der Waals surface area contributed by atoms with Crippen molar-refractivity contribution < 1.29 is 33.6 Å². The number of nitro groups is 1. The van der Waals surface area contributed by atoms with Gasteiger partial charge in [0.25, 0.3) is 17.5 Å². The number of carbonyl (C=O) groups excluding carboxylic acids is 4. The summed E-state index contributed by atoms with van der Waals surface area (Å²) in [6.45, 7) is 0. The minimum atomic E-state index is -0.763. The maximum atomic E-state index is 13.1. The van der Waals surface area contributed by atoms with Crippen LogP contribution in [0.15, 0.2) is 77.5 Å². The predicted molar refractivity (Wildman–Crippen MR) is 145 cm³/mol. The van der Waals surface area contributed by atoms with Crippen LogP contribution in [0.25, 0.3) is 0 Å². The van der Waals surface area contributed by atoms with Gasteiger partial charge in [0, 0.05) is 17.8 Å². The molecule has 0 bridgehead atoms. The molecule has 0 fully saturated rings. The third-order valence-corrected chi connectivity index (χ3v) is 6.16. The standard InChI is InChI=1S/C27H21ClN4O8/c1-39-21-11-10-19(32(37)38)14-20(21)30-22(33)12-15-6-8-17(9-7-15)29-24-23(28)25(34)31(26(24)35)18-5-3-4-16(13-18)27(36)40-2/h3-11,13-14,29H,12H2,1-2H3,(H,30,33). The van der Waals surface area contributed by atoms with Crippen LogP contribution in [0.4, 0.5) is 22.7 Å². The minimum absolute atomic E-state index is 0.0582. The molecule has 0 radical (unpaired) electrons. The van der Waals surface area contributed by atoms with E-state index in [1.807, 2.05) is 0 Å². The molecular formula is C27H21ClN4O8. The topological polar surface area (TPSA) is 157 Å². The normalized spacial score (nSPS) is 12.8. The van der Waals surface area contributed by atoms with Gasteiger partial charge in [0.2, 0.25) is 5.91 Å². The lowest BCUT2D eigenvalue weighted by Crippen LogP contribution is -2.32. The van der Waals surface area contributed by atoms with Gasteiger partial charge in [0.05, 0.1) is 42.5 Å². The number of benzene rings is 3. The average Bonchev–Trinajstić information content (AvgIpc) is 3.16. The Kier molecular flexibility index (Phi) is 8.10. The van der Waals surface area contributed by atoms with Crippen molar-refractivity contribution in [3.05, 3.63) is 98.7 Å². The summed E-state index contributed by atoms with van der Waals surface area (Å²) in [5, 5.41) is 16.2. The molecule has 3 amide bonds. The fourth-order valence-electron chi connectivity index (χ4n) is 3.87. The Labute approximate surface area is 232 Å². The van der Waals surface area contributed by atoms with Crippen LogP contribution in [0.2, 0.25) is 0 Å². The van der Waals surface area contributed by atoms with E-state index in [0.717, 1.165) is 4.90 Å². The zero-order chi connectivity index (χ0) is 29.0. The van der Waals surface area contributed by atoms with Gasteiger partial charge in [-0.2, -0.15) is 0 Å². The Morgan fingerprint density at radius 1 is 1.00 bits per heavy atom. The summed E-state index contributed by atoms with van der Waals surface area (Å²) in [5.41, 5.74) is 1.13. The van der Waals surface area contributed by atoms with E-state index in [1.54, 1.807) is 24.3 Å². The van der Waals surface area contributed by atoms with Crippen LogP contribution < -0.4 is 20.3 Å². The fourth-order valence-corrected chi connectivity index (χ4v) is 4.09. The number of halogens is 1. The van der Waals surface area contributed by atoms with Crippen LogP contribution in [0.5, 0.6) is 5.75 Å². The molecule has 12 nitrogen and oxygen atoms in total. The quantitative estimate of drug-likeness (QED) is 0.169. The van der Waals surface area contributed by atoms with Crippen molar-refractivity contribution in [2.45, 2.75) is 6.42 Å². The predicted octanol–water partition coefficient (Wildman–Crippen LogP) is 4.01. The number of amides is 3. The highest BCUT2D eigenvalue weighted by Gasteiger charge is 2.39. The first-order valence-corrected chi connectivity index (χ1v) is 12.0. The Hall–Kier alpha value is -5.23. The molecule has 0 spiro atoms. The molecule has 1 heterocycles. The van der Waals surface area contributed by atoms with E-state index in [1.165, 1.54) is 56.7 Å². The third kappa shape index (κ3) is 5.76. The molecule has 1 aliphatic rings.